The molecule has 0 aliphatic heterocycles. The molecular weight excluding hydrogens is 435 g/mol. The Morgan fingerprint density at radius 2 is 1.89 bits per heavy atom. The van der Waals surface area contributed by atoms with Gasteiger partial charge in [0.05, 0.1) is 6.54 Å². The molecule has 2 aromatic rings. The highest BCUT2D eigenvalue weighted by atomic mass is 79.9. The highest BCUT2D eigenvalue weighted by molar-refractivity contribution is 9.10. The summed E-state index contributed by atoms with van der Waals surface area (Å²) in [7, 11) is 0. The van der Waals surface area contributed by atoms with Crippen LogP contribution in [0.3, 0.4) is 0 Å². The van der Waals surface area contributed by atoms with E-state index < -0.39 is 36.9 Å². The number of benzene rings is 1. The van der Waals surface area contributed by atoms with Gasteiger partial charge in [-0.05, 0) is 32.9 Å². The molecule has 148 valence electrons. The first kappa shape index (κ1) is 21.1. The molecule has 0 aliphatic carbocycles. The zero-order valence-electron chi connectivity index (χ0n) is 14.7. The van der Waals surface area contributed by atoms with Crippen LogP contribution in [-0.4, -0.2) is 40.4 Å². The average molecular weight is 452 g/mol. The largest absolute Gasteiger partial charge is 0.478 e. The fraction of sp³-hybridized carbons (Fsp3) is 0.412. The normalized spacial score (nSPS) is 12.3. The van der Waals surface area contributed by atoms with Crippen molar-refractivity contribution in [2.45, 2.75) is 39.1 Å². The first-order valence-electron chi connectivity index (χ1n) is 7.74. The third-order valence-corrected chi connectivity index (χ3v) is 3.79. The number of carbonyl (C=O) groups excluding carboxylic acids is 1. The Morgan fingerprint density at radius 1 is 1.26 bits per heavy atom. The molecule has 6 nitrogen and oxygen atoms in total. The first-order chi connectivity index (χ1) is 12.3. The molecule has 2 rings (SSSR count). The summed E-state index contributed by atoms with van der Waals surface area (Å²) in [6.07, 6.45) is -4.78. The summed E-state index contributed by atoms with van der Waals surface area (Å²) in [5, 5.41) is 9.41. The van der Waals surface area contributed by atoms with Crippen LogP contribution in [0.4, 0.5) is 18.0 Å². The summed E-state index contributed by atoms with van der Waals surface area (Å²) in [6, 6.07) is 2.94. The van der Waals surface area contributed by atoms with Crippen LogP contribution in [0.2, 0.25) is 0 Å². The molecule has 10 heteroatoms. The van der Waals surface area contributed by atoms with Gasteiger partial charge in [-0.3, -0.25) is 4.90 Å². The molecule has 1 N–H and O–H groups in total. The third-order valence-electron chi connectivity index (χ3n) is 3.33. The van der Waals surface area contributed by atoms with E-state index >= 15 is 0 Å². The molecule has 0 fully saturated rings. The zero-order chi connectivity index (χ0) is 20.6. The zero-order valence-corrected chi connectivity index (χ0v) is 16.3. The van der Waals surface area contributed by atoms with E-state index in [1.54, 1.807) is 20.8 Å². The van der Waals surface area contributed by atoms with Gasteiger partial charge in [-0.15, -0.1) is 0 Å². The Hall–Kier alpha value is -2.23. The van der Waals surface area contributed by atoms with E-state index in [2.05, 4.69) is 15.9 Å². The monoisotopic (exact) mass is 451 g/mol. The highest BCUT2D eigenvalue weighted by Crippen LogP contribution is 2.31. The molecule has 1 heterocycles. The third kappa shape index (κ3) is 5.62. The number of carboxylic acid groups (broad SMARTS) is 1. The molecule has 0 aliphatic rings. The van der Waals surface area contributed by atoms with Crippen LogP contribution >= 0.6 is 15.9 Å². The second-order valence-corrected chi connectivity index (χ2v) is 7.76. The lowest BCUT2D eigenvalue weighted by atomic mass is 10.1. The number of hydrogen-bond acceptors (Lipinski definition) is 4. The van der Waals surface area contributed by atoms with Gasteiger partial charge in [-0.2, -0.15) is 13.2 Å². The SMILES string of the molecule is CC(C)(C)OC(=O)N(Cc1cc(Br)cc2c(C(=O)O)coc12)CC(F)(F)F. The van der Waals surface area contributed by atoms with Crippen molar-refractivity contribution >= 4 is 39.0 Å². The Labute approximate surface area is 161 Å². The highest BCUT2D eigenvalue weighted by Gasteiger charge is 2.35. The maximum Gasteiger partial charge on any atom is 0.410 e. The number of carbonyl (C=O) groups is 2. The van der Waals surface area contributed by atoms with E-state index in [0.29, 0.717) is 9.37 Å². The van der Waals surface area contributed by atoms with Crippen molar-refractivity contribution in [3.8, 4) is 0 Å². The molecular formula is C17H17BrF3NO5. The maximum atomic E-state index is 12.9. The summed E-state index contributed by atoms with van der Waals surface area (Å²) >= 11 is 3.20. The molecule has 0 spiro atoms. The summed E-state index contributed by atoms with van der Waals surface area (Å²) < 4.78 is 49.6. The molecule has 0 saturated carbocycles. The van der Waals surface area contributed by atoms with Gasteiger partial charge in [0.2, 0.25) is 0 Å². The molecule has 1 aromatic heterocycles. The molecule has 0 atom stereocenters. The number of amides is 1. The standard InChI is InChI=1S/C17H17BrF3NO5/c1-16(2,3)27-15(25)22(8-17(19,20)21)6-9-4-10(18)5-11-12(14(23)24)7-26-13(9)11/h4-5,7H,6,8H2,1-3H3,(H,23,24). The molecule has 0 bridgehead atoms. The van der Waals surface area contributed by atoms with Crippen molar-refractivity contribution in [2.24, 2.45) is 0 Å². The molecule has 1 aromatic carbocycles. The lowest BCUT2D eigenvalue weighted by Gasteiger charge is -2.28. The van der Waals surface area contributed by atoms with Crippen LogP contribution in [0.5, 0.6) is 0 Å². The van der Waals surface area contributed by atoms with Crippen LogP contribution in [0.25, 0.3) is 11.0 Å². The van der Waals surface area contributed by atoms with Gasteiger partial charge in [-0.25, -0.2) is 9.59 Å². The van der Waals surface area contributed by atoms with Crippen LogP contribution < -0.4 is 0 Å². The van der Waals surface area contributed by atoms with Crippen molar-refractivity contribution in [1.82, 2.24) is 4.90 Å². The van der Waals surface area contributed by atoms with E-state index in [1.807, 2.05) is 0 Å². The van der Waals surface area contributed by atoms with Gasteiger partial charge in [0, 0.05) is 15.4 Å². The first-order valence-corrected chi connectivity index (χ1v) is 8.54. The lowest BCUT2D eigenvalue weighted by Crippen LogP contribution is -2.41. The number of carboxylic acids is 1. The van der Waals surface area contributed by atoms with Gasteiger partial charge in [-0.1, -0.05) is 15.9 Å². The number of nitrogens with zero attached hydrogens (tertiary/aromatic N) is 1. The topological polar surface area (TPSA) is 80.0 Å². The Bertz CT molecular complexity index is 870. The van der Waals surface area contributed by atoms with Gasteiger partial charge in [0.15, 0.2) is 0 Å². The van der Waals surface area contributed by atoms with E-state index in [4.69, 9.17) is 9.15 Å². The van der Waals surface area contributed by atoms with Gasteiger partial charge < -0.3 is 14.3 Å². The van der Waals surface area contributed by atoms with Gasteiger partial charge in [0.25, 0.3) is 0 Å². The molecule has 0 unspecified atom stereocenters. The van der Waals surface area contributed by atoms with Gasteiger partial charge in [0.1, 0.15) is 29.6 Å². The van der Waals surface area contributed by atoms with E-state index in [1.165, 1.54) is 12.1 Å². The van der Waals surface area contributed by atoms with Crippen molar-refractivity contribution in [3.05, 3.63) is 34.0 Å². The summed E-state index contributed by atoms with van der Waals surface area (Å²) in [6.45, 7) is 2.62. The molecule has 1 amide bonds. The quantitative estimate of drug-likeness (QED) is 0.691. The van der Waals surface area contributed by atoms with Crippen molar-refractivity contribution < 1.29 is 37.0 Å². The maximum absolute atomic E-state index is 12.9. The number of rotatable bonds is 4. The van der Waals surface area contributed by atoms with E-state index in [9.17, 15) is 27.9 Å². The second-order valence-electron chi connectivity index (χ2n) is 6.85. The van der Waals surface area contributed by atoms with E-state index in [-0.39, 0.29) is 22.1 Å². The van der Waals surface area contributed by atoms with Crippen LogP contribution in [0.1, 0.15) is 36.7 Å². The predicted molar refractivity (Wildman–Crippen MR) is 93.6 cm³/mol. The van der Waals surface area contributed by atoms with Crippen molar-refractivity contribution in [1.29, 1.82) is 0 Å². The number of aromatic carboxylic acids is 1. The number of fused-ring (bicyclic) bond motifs is 1. The second kappa shape index (κ2) is 7.41. The number of ether oxygens (including phenoxy) is 1. The lowest BCUT2D eigenvalue weighted by molar-refractivity contribution is -0.145. The Kier molecular flexibility index (Phi) is 5.79. The van der Waals surface area contributed by atoms with Crippen LogP contribution in [0.15, 0.2) is 27.3 Å². The van der Waals surface area contributed by atoms with E-state index in [0.717, 1.165) is 6.26 Å². The summed E-state index contributed by atoms with van der Waals surface area (Å²) in [5.41, 5.74) is -0.810. The predicted octanol–water partition coefficient (Wildman–Crippen LogP) is 5.19. The summed E-state index contributed by atoms with van der Waals surface area (Å²) in [4.78, 5) is 24.0. The Morgan fingerprint density at radius 3 is 2.41 bits per heavy atom. The minimum atomic E-state index is -4.64. The van der Waals surface area contributed by atoms with Crippen LogP contribution in [-0.2, 0) is 11.3 Å². The van der Waals surface area contributed by atoms with Gasteiger partial charge >= 0.3 is 18.2 Å². The smallest absolute Gasteiger partial charge is 0.410 e. The number of furan rings is 1. The number of halogens is 4. The minimum Gasteiger partial charge on any atom is -0.478 e. The van der Waals surface area contributed by atoms with Crippen molar-refractivity contribution in [2.75, 3.05) is 6.54 Å². The average Bonchev–Trinajstić information content (AvgIpc) is 2.87. The van der Waals surface area contributed by atoms with Crippen LogP contribution in [0, 0.1) is 0 Å². The minimum absolute atomic E-state index is 0.0892. The van der Waals surface area contributed by atoms with Crippen molar-refractivity contribution in [3.63, 3.8) is 0 Å². The number of hydrogen-bond donors (Lipinski definition) is 1. The fourth-order valence-corrected chi connectivity index (χ4v) is 2.89. The number of alkyl halides is 3. The molecule has 27 heavy (non-hydrogen) atoms. The fourth-order valence-electron chi connectivity index (χ4n) is 2.39. The molecule has 0 radical (unpaired) electrons. The molecule has 0 saturated heterocycles. The summed E-state index contributed by atoms with van der Waals surface area (Å²) in [5.74, 6) is -1.24. The Balaban J connectivity index is 2.45.